The van der Waals surface area contributed by atoms with Gasteiger partial charge in [-0.15, -0.1) is 0 Å². The lowest BCUT2D eigenvalue weighted by atomic mass is 9.91. The van der Waals surface area contributed by atoms with Crippen LogP contribution in [0.3, 0.4) is 0 Å². The molecule has 1 nitrogen and oxygen atoms in total. The van der Waals surface area contributed by atoms with E-state index < -0.39 is 12.2 Å². The van der Waals surface area contributed by atoms with E-state index in [9.17, 15) is 13.2 Å². The van der Waals surface area contributed by atoms with Gasteiger partial charge in [-0.1, -0.05) is 69.0 Å². The van der Waals surface area contributed by atoms with E-state index in [0.717, 1.165) is 36.6 Å². The first-order valence-electron chi connectivity index (χ1n) is 8.28. The Hall–Kier alpha value is -1.55. The largest absolute Gasteiger partial charge is 0.407 e. The lowest BCUT2D eigenvalue weighted by molar-refractivity contribution is -0.149. The van der Waals surface area contributed by atoms with E-state index in [4.69, 9.17) is 5.73 Å². The van der Waals surface area contributed by atoms with Gasteiger partial charge < -0.3 is 5.73 Å². The highest BCUT2D eigenvalue weighted by molar-refractivity contribution is 5.87. The number of unbranched alkanes of at least 4 members (excludes halogenated alkanes) is 4. The summed E-state index contributed by atoms with van der Waals surface area (Å²) in [6.45, 7) is 2.14. The molecule has 0 saturated carbocycles. The van der Waals surface area contributed by atoms with Crippen molar-refractivity contribution < 1.29 is 13.2 Å². The smallest absolute Gasteiger partial charge is 0.316 e. The molecular formula is C19H24F3N. The number of fused-ring (bicyclic) bond motifs is 1. The topological polar surface area (TPSA) is 26.0 Å². The minimum absolute atomic E-state index is 0.242. The summed E-state index contributed by atoms with van der Waals surface area (Å²) in [6, 6.07) is 8.92. The molecule has 0 amide bonds. The molecule has 2 aromatic carbocycles. The summed E-state index contributed by atoms with van der Waals surface area (Å²) in [5.41, 5.74) is 6.53. The van der Waals surface area contributed by atoms with Gasteiger partial charge in [0.1, 0.15) is 6.04 Å². The minimum atomic E-state index is -4.43. The van der Waals surface area contributed by atoms with Crippen LogP contribution in [0.1, 0.15) is 56.2 Å². The quantitative estimate of drug-likeness (QED) is 0.629. The molecule has 0 spiro atoms. The number of hydrogen-bond donors (Lipinski definition) is 1. The minimum Gasteiger partial charge on any atom is -0.316 e. The number of aryl methyl sites for hydroxylation is 1. The van der Waals surface area contributed by atoms with Crippen LogP contribution in [0.25, 0.3) is 10.8 Å². The Morgan fingerprint density at radius 3 is 2.35 bits per heavy atom. The molecule has 0 saturated heterocycles. The molecule has 0 aliphatic heterocycles. The van der Waals surface area contributed by atoms with Crippen LogP contribution in [0.2, 0.25) is 0 Å². The number of hydrogen-bond acceptors (Lipinski definition) is 1. The summed E-state index contributed by atoms with van der Waals surface area (Å²) in [4.78, 5) is 0. The van der Waals surface area contributed by atoms with Crippen molar-refractivity contribution in [1.82, 2.24) is 0 Å². The molecule has 1 atom stereocenters. The number of nitrogens with two attached hydrogens (primary N) is 1. The fourth-order valence-corrected chi connectivity index (χ4v) is 3.01. The highest BCUT2D eigenvalue weighted by Crippen LogP contribution is 2.37. The molecule has 0 radical (unpaired) electrons. The SMILES string of the molecule is CCCCCCCc1ccc2ccccc2c1[C@H](N)C(F)(F)F. The van der Waals surface area contributed by atoms with Gasteiger partial charge in [0.05, 0.1) is 0 Å². The van der Waals surface area contributed by atoms with Crippen LogP contribution in [0.15, 0.2) is 36.4 Å². The Bertz CT molecular complexity index is 634. The molecule has 0 aromatic heterocycles. The van der Waals surface area contributed by atoms with Gasteiger partial charge in [-0.25, -0.2) is 0 Å². The van der Waals surface area contributed by atoms with Crippen LogP contribution in [0.5, 0.6) is 0 Å². The second-order valence-electron chi connectivity index (χ2n) is 6.04. The third-order valence-corrected chi connectivity index (χ3v) is 4.27. The molecule has 2 rings (SSSR count). The van der Waals surface area contributed by atoms with Crippen molar-refractivity contribution in [3.63, 3.8) is 0 Å². The summed E-state index contributed by atoms with van der Waals surface area (Å²) in [5.74, 6) is 0. The third-order valence-electron chi connectivity index (χ3n) is 4.27. The van der Waals surface area contributed by atoms with E-state index in [0.29, 0.717) is 11.8 Å². The van der Waals surface area contributed by atoms with Crippen molar-refractivity contribution in [2.24, 2.45) is 5.73 Å². The van der Waals surface area contributed by atoms with Crippen LogP contribution in [-0.4, -0.2) is 6.18 Å². The summed E-state index contributed by atoms with van der Waals surface area (Å²) in [6.07, 6.45) is 1.61. The standard InChI is InChI=1S/C19H24F3N/c1-2-3-4-5-6-10-15-13-12-14-9-7-8-11-16(14)17(15)18(23)19(20,21)22/h7-9,11-13,18H,2-6,10,23H2,1H3/t18-/m0/s1. The first-order valence-corrected chi connectivity index (χ1v) is 8.28. The molecule has 2 aromatic rings. The maximum Gasteiger partial charge on any atom is 0.407 e. The van der Waals surface area contributed by atoms with Gasteiger partial charge in [-0.2, -0.15) is 13.2 Å². The van der Waals surface area contributed by atoms with E-state index >= 15 is 0 Å². The lowest BCUT2D eigenvalue weighted by Crippen LogP contribution is -2.29. The van der Waals surface area contributed by atoms with Gasteiger partial charge >= 0.3 is 6.18 Å². The number of alkyl halides is 3. The van der Waals surface area contributed by atoms with Crippen LogP contribution >= 0.6 is 0 Å². The summed E-state index contributed by atoms with van der Waals surface area (Å²) < 4.78 is 39.6. The van der Waals surface area contributed by atoms with E-state index in [1.807, 2.05) is 24.3 Å². The first kappa shape index (κ1) is 17.8. The van der Waals surface area contributed by atoms with Crippen LogP contribution in [0, 0.1) is 0 Å². The fourth-order valence-electron chi connectivity index (χ4n) is 3.01. The van der Waals surface area contributed by atoms with E-state index in [-0.39, 0.29) is 5.56 Å². The molecule has 0 unspecified atom stereocenters. The summed E-state index contributed by atoms with van der Waals surface area (Å²) in [7, 11) is 0. The summed E-state index contributed by atoms with van der Waals surface area (Å²) >= 11 is 0. The second kappa shape index (κ2) is 7.82. The van der Waals surface area contributed by atoms with Crippen molar-refractivity contribution in [2.45, 2.75) is 57.7 Å². The average molecular weight is 323 g/mol. The van der Waals surface area contributed by atoms with Crippen molar-refractivity contribution in [3.8, 4) is 0 Å². The van der Waals surface area contributed by atoms with Gasteiger partial charge in [0.15, 0.2) is 0 Å². The van der Waals surface area contributed by atoms with Crippen LogP contribution < -0.4 is 5.73 Å². The molecule has 0 bridgehead atoms. The zero-order valence-electron chi connectivity index (χ0n) is 13.5. The average Bonchev–Trinajstić information content (AvgIpc) is 2.52. The first-order chi connectivity index (χ1) is 10.9. The van der Waals surface area contributed by atoms with E-state index in [1.54, 1.807) is 12.1 Å². The van der Waals surface area contributed by atoms with E-state index in [2.05, 4.69) is 6.92 Å². The Morgan fingerprint density at radius 2 is 1.65 bits per heavy atom. The molecule has 23 heavy (non-hydrogen) atoms. The molecule has 0 fully saturated rings. The predicted octanol–water partition coefficient (Wildman–Crippen LogP) is 5.91. The van der Waals surface area contributed by atoms with E-state index in [1.165, 1.54) is 6.42 Å². The molecule has 0 heterocycles. The van der Waals surface area contributed by atoms with Crippen molar-refractivity contribution in [3.05, 3.63) is 47.5 Å². The Kier molecular flexibility index (Phi) is 6.05. The monoisotopic (exact) mass is 323 g/mol. The molecular weight excluding hydrogens is 299 g/mol. The highest BCUT2D eigenvalue weighted by atomic mass is 19.4. The van der Waals surface area contributed by atoms with Crippen LogP contribution in [-0.2, 0) is 6.42 Å². The number of rotatable bonds is 7. The van der Waals surface area contributed by atoms with Crippen LogP contribution in [0.4, 0.5) is 13.2 Å². The Balaban J connectivity index is 2.32. The Morgan fingerprint density at radius 1 is 0.957 bits per heavy atom. The number of halogens is 3. The molecule has 0 aliphatic rings. The van der Waals surface area contributed by atoms with Gasteiger partial charge in [0.2, 0.25) is 0 Å². The molecule has 126 valence electrons. The Labute approximate surface area is 135 Å². The molecule has 4 heteroatoms. The predicted molar refractivity (Wildman–Crippen MR) is 89.4 cm³/mol. The maximum atomic E-state index is 13.2. The molecule has 2 N–H and O–H groups in total. The maximum absolute atomic E-state index is 13.2. The summed E-state index contributed by atoms with van der Waals surface area (Å²) in [5, 5.41) is 1.42. The zero-order chi connectivity index (χ0) is 16.9. The van der Waals surface area contributed by atoms with Crippen molar-refractivity contribution >= 4 is 10.8 Å². The van der Waals surface area contributed by atoms with Crippen molar-refractivity contribution in [2.75, 3.05) is 0 Å². The number of benzene rings is 2. The lowest BCUT2D eigenvalue weighted by Gasteiger charge is -2.21. The van der Waals surface area contributed by atoms with Gasteiger partial charge in [-0.05, 0) is 34.7 Å². The second-order valence-corrected chi connectivity index (χ2v) is 6.04. The van der Waals surface area contributed by atoms with Gasteiger partial charge in [0, 0.05) is 0 Å². The van der Waals surface area contributed by atoms with Gasteiger partial charge in [-0.3, -0.25) is 0 Å². The van der Waals surface area contributed by atoms with Crippen molar-refractivity contribution in [1.29, 1.82) is 0 Å². The fraction of sp³-hybridized carbons (Fsp3) is 0.474. The third kappa shape index (κ3) is 4.47. The molecule has 0 aliphatic carbocycles. The zero-order valence-corrected chi connectivity index (χ0v) is 13.5. The highest BCUT2D eigenvalue weighted by Gasteiger charge is 2.39. The van der Waals surface area contributed by atoms with Gasteiger partial charge in [0.25, 0.3) is 0 Å². The normalized spacial score (nSPS) is 13.4.